The molecule has 0 saturated heterocycles. The van der Waals surface area contributed by atoms with Gasteiger partial charge in [0.15, 0.2) is 0 Å². The van der Waals surface area contributed by atoms with Gasteiger partial charge in [0.25, 0.3) is 0 Å². The Morgan fingerprint density at radius 1 is 1.88 bits per heavy atom. The van der Waals surface area contributed by atoms with E-state index in [-0.39, 0.29) is 11.9 Å². The standard InChI is InChI=1S/C3H6NO3P/c1-3(4-5)2-8(6)7/h2H2,1H3,(H-,5,6,7)/p+1. The van der Waals surface area contributed by atoms with Gasteiger partial charge >= 0.3 is 8.03 Å². The smallest absolute Gasteiger partial charge is 0.411 e. The molecule has 0 spiro atoms. The molecule has 46 valence electrons. The first-order valence-electron chi connectivity index (χ1n) is 1.98. The molecule has 0 rings (SSSR count). The largest absolute Gasteiger partial charge is 0.511 e. The van der Waals surface area contributed by atoms with Crippen molar-refractivity contribution in [3.05, 3.63) is 0 Å². The molecule has 0 radical (unpaired) electrons. The van der Waals surface area contributed by atoms with Gasteiger partial charge in [-0.15, -0.1) is 0 Å². The summed E-state index contributed by atoms with van der Waals surface area (Å²) in [6.07, 6.45) is -0.0498. The molecule has 0 aromatic rings. The molecular formula is C3H7NO3P+. The summed E-state index contributed by atoms with van der Waals surface area (Å²) >= 11 is 0. The molecule has 0 fully saturated rings. The van der Waals surface area contributed by atoms with Crippen molar-refractivity contribution in [1.82, 2.24) is 0 Å². The lowest BCUT2D eigenvalue weighted by Gasteiger charge is -1.78. The number of hydrogen-bond donors (Lipinski definition) is 2. The third-order valence-corrected chi connectivity index (χ3v) is 1.26. The normalized spacial score (nSPS) is 13.8. The fraction of sp³-hybridized carbons (Fsp3) is 0.667. The Bertz CT molecular complexity index is 122. The van der Waals surface area contributed by atoms with Gasteiger partial charge in [-0.05, 0) is 11.5 Å². The molecule has 0 aliphatic rings. The second-order valence-corrected chi connectivity index (χ2v) is 2.37. The average molecular weight is 136 g/mol. The van der Waals surface area contributed by atoms with E-state index in [1.54, 1.807) is 0 Å². The van der Waals surface area contributed by atoms with E-state index >= 15 is 0 Å². The summed E-state index contributed by atoms with van der Waals surface area (Å²) in [6.45, 7) is 1.48. The number of oxime groups is 1. The van der Waals surface area contributed by atoms with Crippen LogP contribution in [0.1, 0.15) is 6.92 Å². The lowest BCUT2D eigenvalue weighted by molar-refractivity contribution is 0.318. The number of rotatable bonds is 2. The van der Waals surface area contributed by atoms with E-state index in [1.165, 1.54) is 6.92 Å². The minimum atomic E-state index is -2.19. The molecule has 2 N–H and O–H groups in total. The quantitative estimate of drug-likeness (QED) is 0.252. The summed E-state index contributed by atoms with van der Waals surface area (Å²) in [6, 6.07) is 0. The van der Waals surface area contributed by atoms with Gasteiger partial charge in [-0.2, -0.15) is 4.89 Å². The van der Waals surface area contributed by atoms with E-state index in [1.807, 2.05) is 0 Å². The molecule has 0 aromatic heterocycles. The van der Waals surface area contributed by atoms with Gasteiger partial charge in [-0.1, -0.05) is 5.16 Å². The Morgan fingerprint density at radius 3 is 2.50 bits per heavy atom. The molecule has 4 nitrogen and oxygen atoms in total. The molecule has 0 aliphatic carbocycles. The Morgan fingerprint density at radius 2 is 2.38 bits per heavy atom. The van der Waals surface area contributed by atoms with Crippen molar-refractivity contribution in [1.29, 1.82) is 0 Å². The predicted octanol–water partition coefficient (Wildman–Crippen LogP) is 0.571. The zero-order valence-electron chi connectivity index (χ0n) is 4.40. The fourth-order valence-electron chi connectivity index (χ4n) is 0.227. The van der Waals surface area contributed by atoms with Crippen LogP contribution in [0.3, 0.4) is 0 Å². The zero-order chi connectivity index (χ0) is 6.57. The van der Waals surface area contributed by atoms with E-state index in [9.17, 15) is 4.57 Å². The minimum Gasteiger partial charge on any atom is -0.411 e. The molecule has 0 bridgehead atoms. The summed E-state index contributed by atoms with van der Waals surface area (Å²) in [5, 5.41) is 10.6. The molecule has 0 heterocycles. The van der Waals surface area contributed by atoms with Crippen molar-refractivity contribution >= 4 is 13.7 Å². The molecule has 8 heavy (non-hydrogen) atoms. The van der Waals surface area contributed by atoms with Crippen LogP contribution >= 0.6 is 8.03 Å². The van der Waals surface area contributed by atoms with Crippen molar-refractivity contribution in [3.63, 3.8) is 0 Å². The lowest BCUT2D eigenvalue weighted by atomic mass is 10.5. The highest BCUT2D eigenvalue weighted by Crippen LogP contribution is 2.11. The lowest BCUT2D eigenvalue weighted by Crippen LogP contribution is -1.93. The molecule has 0 aliphatic heterocycles. The summed E-state index contributed by atoms with van der Waals surface area (Å²) < 4.78 is 9.92. The topological polar surface area (TPSA) is 69.9 Å². The van der Waals surface area contributed by atoms with Gasteiger partial charge < -0.3 is 5.21 Å². The van der Waals surface area contributed by atoms with Crippen LogP contribution in [0.15, 0.2) is 5.16 Å². The highest BCUT2D eigenvalue weighted by Gasteiger charge is 2.11. The first kappa shape index (κ1) is 7.53. The van der Waals surface area contributed by atoms with Crippen molar-refractivity contribution in [2.75, 3.05) is 6.16 Å². The third kappa shape index (κ3) is 3.71. The Balaban J connectivity index is 3.56. The van der Waals surface area contributed by atoms with Crippen molar-refractivity contribution in [2.45, 2.75) is 6.92 Å². The van der Waals surface area contributed by atoms with Crippen LogP contribution in [0.5, 0.6) is 0 Å². The van der Waals surface area contributed by atoms with Gasteiger partial charge in [0.2, 0.25) is 6.16 Å². The van der Waals surface area contributed by atoms with E-state index in [0.29, 0.717) is 0 Å². The molecule has 0 saturated carbocycles. The molecule has 0 aromatic carbocycles. The summed E-state index contributed by atoms with van der Waals surface area (Å²) in [4.78, 5) is 8.17. The van der Waals surface area contributed by atoms with Crippen molar-refractivity contribution in [2.24, 2.45) is 5.16 Å². The average Bonchev–Trinajstić information content (AvgIpc) is 1.65. The van der Waals surface area contributed by atoms with Crippen LogP contribution in [-0.4, -0.2) is 22.0 Å². The Hall–Kier alpha value is -0.470. The monoisotopic (exact) mass is 136 g/mol. The maximum absolute atomic E-state index is 9.92. The number of hydrogen-bond acceptors (Lipinski definition) is 3. The summed E-state index contributed by atoms with van der Waals surface area (Å²) in [5.41, 5.74) is 0.272. The maximum atomic E-state index is 9.92. The van der Waals surface area contributed by atoms with E-state index < -0.39 is 8.03 Å². The maximum Gasteiger partial charge on any atom is 0.511 e. The number of nitrogens with zero attached hydrogens (tertiary/aromatic N) is 1. The Kier molecular flexibility index (Phi) is 3.31. The summed E-state index contributed by atoms with van der Waals surface area (Å²) in [5.74, 6) is 0. The van der Waals surface area contributed by atoms with Crippen LogP contribution in [0.2, 0.25) is 0 Å². The first-order valence-corrected chi connectivity index (χ1v) is 3.37. The SMILES string of the molecule is CC(C[P+](=O)O)=NO. The van der Waals surface area contributed by atoms with Gasteiger partial charge in [0.1, 0.15) is 5.71 Å². The minimum absolute atomic E-state index is 0.0498. The van der Waals surface area contributed by atoms with Crippen molar-refractivity contribution in [3.8, 4) is 0 Å². The van der Waals surface area contributed by atoms with Crippen LogP contribution in [-0.2, 0) is 4.57 Å². The predicted molar refractivity (Wildman–Crippen MR) is 29.6 cm³/mol. The zero-order valence-corrected chi connectivity index (χ0v) is 5.30. The highest BCUT2D eigenvalue weighted by atomic mass is 31.1. The van der Waals surface area contributed by atoms with Crippen LogP contribution in [0, 0.1) is 0 Å². The van der Waals surface area contributed by atoms with E-state index in [0.717, 1.165) is 0 Å². The first-order chi connectivity index (χ1) is 3.66. The van der Waals surface area contributed by atoms with Crippen LogP contribution in [0.25, 0.3) is 0 Å². The van der Waals surface area contributed by atoms with Gasteiger partial charge in [-0.25, -0.2) is 0 Å². The molecule has 1 unspecified atom stereocenters. The Labute approximate surface area is 47.7 Å². The second-order valence-electron chi connectivity index (χ2n) is 1.35. The molecular weight excluding hydrogens is 129 g/mol. The molecule has 1 atom stereocenters. The van der Waals surface area contributed by atoms with Crippen molar-refractivity contribution < 1.29 is 14.7 Å². The van der Waals surface area contributed by atoms with E-state index in [4.69, 9.17) is 10.1 Å². The van der Waals surface area contributed by atoms with Gasteiger partial charge in [0, 0.05) is 0 Å². The highest BCUT2D eigenvalue weighted by molar-refractivity contribution is 7.39. The van der Waals surface area contributed by atoms with Gasteiger partial charge in [-0.3, -0.25) is 0 Å². The van der Waals surface area contributed by atoms with Crippen LogP contribution in [0.4, 0.5) is 0 Å². The van der Waals surface area contributed by atoms with Crippen LogP contribution < -0.4 is 0 Å². The second kappa shape index (κ2) is 3.52. The third-order valence-electron chi connectivity index (χ3n) is 0.535. The fourth-order valence-corrected chi connectivity index (χ4v) is 0.682. The molecule has 0 amide bonds. The van der Waals surface area contributed by atoms with Gasteiger partial charge in [0.05, 0.1) is 0 Å². The molecule has 5 heteroatoms. The summed E-state index contributed by atoms with van der Waals surface area (Å²) in [7, 11) is -2.19. The van der Waals surface area contributed by atoms with E-state index in [2.05, 4.69) is 5.16 Å².